The van der Waals surface area contributed by atoms with Crippen molar-refractivity contribution in [3.63, 3.8) is 0 Å². The zero-order valence-corrected chi connectivity index (χ0v) is 18.6. The van der Waals surface area contributed by atoms with E-state index in [-0.39, 0.29) is 23.4 Å². The number of amides is 2. The van der Waals surface area contributed by atoms with Gasteiger partial charge in [-0.05, 0) is 25.1 Å². The number of hydrogen-bond acceptors (Lipinski definition) is 9. The normalized spacial score (nSPS) is 12.9. The quantitative estimate of drug-likeness (QED) is 0.406. The number of benzene rings is 1. The highest BCUT2D eigenvalue weighted by Gasteiger charge is 2.34. The van der Waals surface area contributed by atoms with Crippen LogP contribution in [-0.2, 0) is 9.84 Å². The number of nitrogens with zero attached hydrogens (tertiary/aromatic N) is 5. The monoisotopic (exact) mass is 535 g/mol. The average molecular weight is 535 g/mol. The van der Waals surface area contributed by atoms with Gasteiger partial charge in [-0.15, -0.1) is 13.2 Å². The molecular weight excluding hydrogens is 521 g/mol. The largest absolute Gasteiger partial charge is 0.573 e. The summed E-state index contributed by atoms with van der Waals surface area (Å²) in [5, 5.41) is 6.24. The Balaban J connectivity index is 1.95. The summed E-state index contributed by atoms with van der Waals surface area (Å²) >= 11 is 0. The molecule has 0 spiro atoms. The van der Waals surface area contributed by atoms with E-state index in [4.69, 9.17) is 5.73 Å². The third kappa shape index (κ3) is 5.88. The van der Waals surface area contributed by atoms with Gasteiger partial charge < -0.3 is 15.8 Å². The highest BCUT2D eigenvalue weighted by molar-refractivity contribution is 7.91. The number of halogens is 5. The maximum absolute atomic E-state index is 13.0. The summed E-state index contributed by atoms with van der Waals surface area (Å²) in [6.07, 6.45) is -3.22. The van der Waals surface area contributed by atoms with Crippen molar-refractivity contribution in [3.8, 4) is 11.6 Å². The van der Waals surface area contributed by atoms with Crippen molar-refractivity contribution in [1.29, 1.82) is 0 Å². The van der Waals surface area contributed by atoms with Crippen molar-refractivity contribution < 1.29 is 44.7 Å². The van der Waals surface area contributed by atoms with Gasteiger partial charge in [0, 0.05) is 11.6 Å². The SMILES string of the molecule is C[C@H](NC(=O)c1cc(OC(F)(F)F)cc(S(=O)(=O)C(F)F)c1)c1ncnn1-c1cc(C(N)=O)ncn1. The number of carbonyl (C=O) groups is 2. The van der Waals surface area contributed by atoms with Crippen molar-refractivity contribution in [2.75, 3.05) is 0 Å². The fourth-order valence-corrected chi connectivity index (χ4v) is 3.60. The van der Waals surface area contributed by atoms with Gasteiger partial charge in [0.05, 0.1) is 10.9 Å². The van der Waals surface area contributed by atoms with Crippen LogP contribution in [0.1, 0.15) is 39.6 Å². The summed E-state index contributed by atoms with van der Waals surface area (Å²) in [6.45, 7) is 1.38. The van der Waals surface area contributed by atoms with Crippen LogP contribution in [0.4, 0.5) is 22.0 Å². The van der Waals surface area contributed by atoms with Crippen LogP contribution in [0, 0.1) is 0 Å². The fraction of sp³-hybridized carbons (Fsp3) is 0.222. The molecule has 0 saturated carbocycles. The first-order valence-electron chi connectivity index (χ1n) is 9.45. The minimum Gasteiger partial charge on any atom is -0.406 e. The Morgan fingerprint density at radius 3 is 2.39 bits per heavy atom. The lowest BCUT2D eigenvalue weighted by molar-refractivity contribution is -0.274. The van der Waals surface area contributed by atoms with Gasteiger partial charge in [0.2, 0.25) is 9.84 Å². The van der Waals surface area contributed by atoms with E-state index < -0.39 is 56.0 Å². The summed E-state index contributed by atoms with van der Waals surface area (Å²) in [5.41, 5.74) is 4.28. The van der Waals surface area contributed by atoms with E-state index in [2.05, 4.69) is 30.1 Å². The lowest BCUT2D eigenvalue weighted by Gasteiger charge is -2.16. The van der Waals surface area contributed by atoms with Crippen LogP contribution in [0.15, 0.2) is 41.8 Å². The van der Waals surface area contributed by atoms with Crippen LogP contribution in [0.25, 0.3) is 5.82 Å². The highest BCUT2D eigenvalue weighted by Crippen LogP contribution is 2.29. The molecule has 0 saturated heterocycles. The number of primary amides is 1. The predicted molar refractivity (Wildman–Crippen MR) is 108 cm³/mol. The van der Waals surface area contributed by atoms with Gasteiger partial charge in [-0.3, -0.25) is 9.59 Å². The van der Waals surface area contributed by atoms with Crippen molar-refractivity contribution in [2.24, 2.45) is 5.73 Å². The molecule has 3 rings (SSSR count). The molecule has 18 heteroatoms. The Morgan fingerprint density at radius 1 is 1.08 bits per heavy atom. The van der Waals surface area contributed by atoms with Crippen LogP contribution in [0.2, 0.25) is 0 Å². The number of carbonyl (C=O) groups excluding carboxylic acids is 2. The Bertz CT molecular complexity index is 1410. The van der Waals surface area contributed by atoms with Gasteiger partial charge in [-0.25, -0.2) is 23.4 Å². The number of rotatable bonds is 8. The second kappa shape index (κ2) is 9.80. The number of nitrogens with two attached hydrogens (primary N) is 1. The lowest BCUT2D eigenvalue weighted by Crippen LogP contribution is -2.29. The Morgan fingerprint density at radius 2 is 1.78 bits per heavy atom. The molecule has 36 heavy (non-hydrogen) atoms. The molecule has 0 unspecified atom stereocenters. The number of hydrogen-bond donors (Lipinski definition) is 2. The summed E-state index contributed by atoms with van der Waals surface area (Å²) in [5.74, 6) is -7.15. The molecule has 0 bridgehead atoms. The topological polar surface area (TPSA) is 172 Å². The van der Waals surface area contributed by atoms with Gasteiger partial charge in [0.25, 0.3) is 11.8 Å². The smallest absolute Gasteiger partial charge is 0.406 e. The lowest BCUT2D eigenvalue weighted by atomic mass is 10.2. The maximum atomic E-state index is 13.0. The molecule has 2 aromatic heterocycles. The second-order valence-electron chi connectivity index (χ2n) is 6.90. The standard InChI is InChI=1S/C18H14F5N7O5S/c1-8(15-27-7-28-30(15)13-5-12(14(24)31)25-6-26-13)29-16(32)9-2-10(35-18(21,22)23)4-11(3-9)36(33,34)17(19)20/h2-8,17H,1H3,(H2,24,31)(H,29,32)/t8-/m0/s1. The minimum atomic E-state index is -5.38. The molecule has 2 amide bonds. The van der Waals surface area contributed by atoms with Crippen LogP contribution >= 0.6 is 0 Å². The van der Waals surface area contributed by atoms with E-state index >= 15 is 0 Å². The van der Waals surface area contributed by atoms with E-state index in [1.807, 2.05) is 0 Å². The number of ether oxygens (including phenoxy) is 1. The summed E-state index contributed by atoms with van der Waals surface area (Å²) in [4.78, 5) is 34.4. The van der Waals surface area contributed by atoms with E-state index in [9.17, 15) is 40.0 Å². The summed E-state index contributed by atoms with van der Waals surface area (Å²) in [7, 11) is -5.38. The molecule has 2 heterocycles. The molecule has 1 atom stereocenters. The van der Waals surface area contributed by atoms with Gasteiger partial charge in [0.1, 0.15) is 24.1 Å². The molecule has 3 N–H and O–H groups in total. The summed E-state index contributed by atoms with van der Waals surface area (Å²) < 4.78 is 92.3. The third-order valence-corrected chi connectivity index (χ3v) is 5.73. The number of aromatic nitrogens is 5. The molecule has 0 fully saturated rings. The van der Waals surface area contributed by atoms with Crippen LogP contribution in [-0.4, -0.2) is 57.1 Å². The van der Waals surface area contributed by atoms with E-state index in [0.717, 1.165) is 17.3 Å². The predicted octanol–water partition coefficient (Wildman–Crippen LogP) is 1.54. The van der Waals surface area contributed by atoms with Crippen molar-refractivity contribution >= 4 is 21.7 Å². The number of alkyl halides is 5. The van der Waals surface area contributed by atoms with Gasteiger partial charge in [-0.2, -0.15) is 18.6 Å². The first kappa shape index (κ1) is 26.4. The zero-order valence-electron chi connectivity index (χ0n) is 17.8. The number of sulfone groups is 1. The van der Waals surface area contributed by atoms with Crippen LogP contribution in [0.5, 0.6) is 5.75 Å². The maximum Gasteiger partial charge on any atom is 0.573 e. The molecule has 0 radical (unpaired) electrons. The number of nitrogens with one attached hydrogen (secondary N) is 1. The van der Waals surface area contributed by atoms with E-state index in [1.165, 1.54) is 13.0 Å². The summed E-state index contributed by atoms with van der Waals surface area (Å²) in [6, 6.07) is 1.34. The first-order chi connectivity index (χ1) is 16.7. The Labute approximate surface area is 198 Å². The molecule has 1 aromatic carbocycles. The van der Waals surface area contributed by atoms with Crippen molar-refractivity contribution in [1.82, 2.24) is 30.0 Å². The van der Waals surface area contributed by atoms with Crippen LogP contribution < -0.4 is 15.8 Å². The Kier molecular flexibility index (Phi) is 7.18. The molecule has 0 aliphatic heterocycles. The van der Waals surface area contributed by atoms with Crippen LogP contribution in [0.3, 0.4) is 0 Å². The molecule has 0 aliphatic rings. The van der Waals surface area contributed by atoms with Gasteiger partial charge >= 0.3 is 12.1 Å². The van der Waals surface area contributed by atoms with Gasteiger partial charge in [0.15, 0.2) is 11.6 Å². The zero-order chi connectivity index (χ0) is 26.8. The third-order valence-electron chi connectivity index (χ3n) is 4.37. The van der Waals surface area contributed by atoms with E-state index in [1.54, 1.807) is 0 Å². The van der Waals surface area contributed by atoms with Gasteiger partial charge in [-0.1, -0.05) is 0 Å². The minimum absolute atomic E-state index is 0.0144. The van der Waals surface area contributed by atoms with Crippen molar-refractivity contribution in [3.05, 3.63) is 54.0 Å². The molecule has 0 aliphatic carbocycles. The molecule has 12 nitrogen and oxygen atoms in total. The fourth-order valence-electron chi connectivity index (χ4n) is 2.83. The Hall–Kier alpha value is -4.22. The molecule has 192 valence electrons. The highest BCUT2D eigenvalue weighted by atomic mass is 32.2. The second-order valence-corrected chi connectivity index (χ2v) is 8.82. The molecular formula is C18H14F5N7O5S. The molecule has 3 aromatic rings. The average Bonchev–Trinajstić information content (AvgIpc) is 3.28. The first-order valence-corrected chi connectivity index (χ1v) is 11.0. The van der Waals surface area contributed by atoms with Crippen molar-refractivity contribution in [2.45, 2.75) is 30.0 Å². The van der Waals surface area contributed by atoms with E-state index in [0.29, 0.717) is 12.1 Å².